The number of aryl methyl sites for hydroxylation is 1. The highest BCUT2D eigenvalue weighted by Gasteiger charge is 2.37. The molecule has 0 saturated heterocycles. The van der Waals surface area contributed by atoms with E-state index in [0.717, 1.165) is 34.5 Å². The van der Waals surface area contributed by atoms with Crippen LogP contribution in [0.15, 0.2) is 54.6 Å². The summed E-state index contributed by atoms with van der Waals surface area (Å²) in [7, 11) is 0. The molecule has 0 saturated carbocycles. The SMILES string of the molecule is Cc1cc(-c2ccccc2)c2c(n1)OCCN(Cc1cc(C(F)(F)F)cc(C(F)(F)F)c1)C2.Cl. The molecule has 3 aromatic rings. The lowest BCUT2D eigenvalue weighted by molar-refractivity contribution is -0.143. The van der Waals surface area contributed by atoms with E-state index in [2.05, 4.69) is 4.98 Å². The monoisotopic (exact) mass is 502 g/mol. The van der Waals surface area contributed by atoms with E-state index < -0.39 is 23.5 Å². The van der Waals surface area contributed by atoms with Gasteiger partial charge in [0.15, 0.2) is 0 Å². The molecule has 0 fully saturated rings. The number of rotatable bonds is 3. The Bertz CT molecular complexity index is 1120. The van der Waals surface area contributed by atoms with E-state index in [9.17, 15) is 26.3 Å². The molecule has 10 heteroatoms. The van der Waals surface area contributed by atoms with Gasteiger partial charge in [0.05, 0.1) is 11.1 Å². The molecule has 3 nitrogen and oxygen atoms in total. The second-order valence-corrected chi connectivity index (χ2v) is 7.93. The van der Waals surface area contributed by atoms with Crippen LogP contribution >= 0.6 is 12.4 Å². The summed E-state index contributed by atoms with van der Waals surface area (Å²) < 4.78 is 85.3. The normalized spacial score (nSPS) is 14.6. The molecule has 0 unspecified atom stereocenters. The Kier molecular flexibility index (Phi) is 7.47. The van der Waals surface area contributed by atoms with Crippen molar-refractivity contribution in [3.05, 3.63) is 82.5 Å². The zero-order valence-corrected chi connectivity index (χ0v) is 18.8. The molecule has 2 aromatic carbocycles. The molecule has 0 atom stereocenters. The molecule has 182 valence electrons. The van der Waals surface area contributed by atoms with E-state index in [1.807, 2.05) is 43.3 Å². The predicted octanol–water partition coefficient (Wildman–Crippen LogP) is 6.91. The Hall–Kier alpha value is -2.78. The van der Waals surface area contributed by atoms with Gasteiger partial charge in [-0.1, -0.05) is 30.3 Å². The van der Waals surface area contributed by atoms with Crippen LogP contribution in [-0.4, -0.2) is 23.0 Å². The predicted molar refractivity (Wildman–Crippen MR) is 118 cm³/mol. The summed E-state index contributed by atoms with van der Waals surface area (Å²) in [6, 6.07) is 13.1. The number of alkyl halides is 6. The van der Waals surface area contributed by atoms with Gasteiger partial charge in [-0.05, 0) is 47.9 Å². The highest BCUT2D eigenvalue weighted by molar-refractivity contribution is 5.85. The van der Waals surface area contributed by atoms with Crippen molar-refractivity contribution in [3.8, 4) is 17.0 Å². The highest BCUT2D eigenvalue weighted by Crippen LogP contribution is 2.37. The maximum Gasteiger partial charge on any atom is 0.416 e. The number of hydrogen-bond acceptors (Lipinski definition) is 3. The number of hydrogen-bond donors (Lipinski definition) is 0. The molecule has 0 amide bonds. The number of ether oxygens (including phenoxy) is 1. The first-order valence-electron chi connectivity index (χ1n) is 10.2. The first kappa shape index (κ1) is 25.8. The number of pyridine rings is 1. The zero-order chi connectivity index (χ0) is 23.8. The van der Waals surface area contributed by atoms with E-state index in [1.54, 1.807) is 4.90 Å². The Morgan fingerprint density at radius 3 is 2.12 bits per heavy atom. The molecule has 1 aliphatic heterocycles. The molecule has 1 aliphatic rings. The van der Waals surface area contributed by atoms with Crippen LogP contribution in [0.25, 0.3) is 11.1 Å². The minimum absolute atomic E-state index is 0. The van der Waals surface area contributed by atoms with Crippen LogP contribution in [0.4, 0.5) is 26.3 Å². The summed E-state index contributed by atoms with van der Waals surface area (Å²) in [4.78, 5) is 6.22. The molecule has 34 heavy (non-hydrogen) atoms. The second kappa shape index (κ2) is 9.84. The van der Waals surface area contributed by atoms with Gasteiger partial charge in [0.2, 0.25) is 5.88 Å². The van der Waals surface area contributed by atoms with E-state index in [4.69, 9.17) is 4.74 Å². The summed E-state index contributed by atoms with van der Waals surface area (Å²) in [5, 5.41) is 0. The number of aromatic nitrogens is 1. The fraction of sp³-hybridized carbons (Fsp3) is 0.292. The van der Waals surface area contributed by atoms with Gasteiger partial charge >= 0.3 is 12.4 Å². The van der Waals surface area contributed by atoms with Gasteiger partial charge in [0.25, 0.3) is 0 Å². The molecule has 0 aliphatic carbocycles. The topological polar surface area (TPSA) is 25.4 Å². The molecule has 0 bridgehead atoms. The van der Waals surface area contributed by atoms with E-state index >= 15 is 0 Å². The summed E-state index contributed by atoms with van der Waals surface area (Å²) >= 11 is 0. The smallest absolute Gasteiger partial charge is 0.416 e. The number of nitrogens with zero attached hydrogens (tertiary/aromatic N) is 2. The van der Waals surface area contributed by atoms with Crippen molar-refractivity contribution in [2.75, 3.05) is 13.2 Å². The fourth-order valence-corrected chi connectivity index (χ4v) is 3.90. The molecule has 2 heterocycles. The Morgan fingerprint density at radius 1 is 0.912 bits per heavy atom. The lowest BCUT2D eigenvalue weighted by Crippen LogP contribution is -2.26. The van der Waals surface area contributed by atoms with Crippen LogP contribution in [0, 0.1) is 6.92 Å². The quantitative estimate of drug-likeness (QED) is 0.364. The summed E-state index contributed by atoms with van der Waals surface area (Å²) in [5.74, 6) is 0.427. The molecule has 4 rings (SSSR count). The number of fused-ring (bicyclic) bond motifs is 1. The van der Waals surface area contributed by atoms with Crippen molar-refractivity contribution in [1.29, 1.82) is 0 Å². The van der Waals surface area contributed by atoms with Gasteiger partial charge in [-0.2, -0.15) is 26.3 Å². The number of halogens is 7. The molecule has 0 spiro atoms. The molecule has 0 radical (unpaired) electrons. The third-order valence-corrected chi connectivity index (χ3v) is 5.38. The molecular weight excluding hydrogens is 482 g/mol. The summed E-state index contributed by atoms with van der Waals surface area (Å²) in [6.45, 7) is 2.53. The van der Waals surface area contributed by atoms with Gasteiger partial charge in [-0.3, -0.25) is 4.90 Å². The third-order valence-electron chi connectivity index (χ3n) is 5.38. The van der Waals surface area contributed by atoms with Crippen LogP contribution in [-0.2, 0) is 25.4 Å². The largest absolute Gasteiger partial charge is 0.476 e. The van der Waals surface area contributed by atoms with Crippen LogP contribution in [0.5, 0.6) is 5.88 Å². The van der Waals surface area contributed by atoms with Gasteiger partial charge in [0.1, 0.15) is 6.61 Å². The number of benzene rings is 2. The fourth-order valence-electron chi connectivity index (χ4n) is 3.90. The van der Waals surface area contributed by atoms with E-state index in [1.165, 1.54) is 0 Å². The molecule has 0 N–H and O–H groups in total. The van der Waals surface area contributed by atoms with Crippen molar-refractivity contribution in [3.63, 3.8) is 0 Å². The lowest BCUT2D eigenvalue weighted by atomic mass is 9.99. The van der Waals surface area contributed by atoms with E-state index in [0.29, 0.717) is 12.4 Å². The zero-order valence-electron chi connectivity index (χ0n) is 18.0. The molecule has 1 aromatic heterocycles. The maximum atomic E-state index is 13.2. The van der Waals surface area contributed by atoms with Crippen molar-refractivity contribution in [1.82, 2.24) is 9.88 Å². The van der Waals surface area contributed by atoms with E-state index in [-0.39, 0.29) is 43.7 Å². The third kappa shape index (κ3) is 5.82. The summed E-state index contributed by atoms with van der Waals surface area (Å²) in [5.41, 5.74) is 0.568. The van der Waals surface area contributed by atoms with Crippen LogP contribution in [0.3, 0.4) is 0 Å². The van der Waals surface area contributed by atoms with Gasteiger partial charge < -0.3 is 4.74 Å². The average Bonchev–Trinajstić information content (AvgIpc) is 2.94. The van der Waals surface area contributed by atoms with Gasteiger partial charge in [-0.25, -0.2) is 4.98 Å². The minimum Gasteiger partial charge on any atom is -0.476 e. The minimum atomic E-state index is -4.88. The first-order chi connectivity index (χ1) is 15.5. The Balaban J connectivity index is 0.00000324. The van der Waals surface area contributed by atoms with Crippen molar-refractivity contribution in [2.45, 2.75) is 32.4 Å². The van der Waals surface area contributed by atoms with Crippen molar-refractivity contribution >= 4 is 12.4 Å². The van der Waals surface area contributed by atoms with Crippen LogP contribution < -0.4 is 4.74 Å². The van der Waals surface area contributed by atoms with Gasteiger partial charge in [0, 0.05) is 30.9 Å². The van der Waals surface area contributed by atoms with Crippen molar-refractivity contribution < 1.29 is 31.1 Å². The lowest BCUT2D eigenvalue weighted by Gasteiger charge is -2.22. The van der Waals surface area contributed by atoms with Gasteiger partial charge in [-0.15, -0.1) is 12.4 Å². The maximum absolute atomic E-state index is 13.2. The Labute approximate surface area is 198 Å². The second-order valence-electron chi connectivity index (χ2n) is 7.93. The Morgan fingerprint density at radius 2 is 1.53 bits per heavy atom. The summed E-state index contributed by atoms with van der Waals surface area (Å²) in [6.07, 6.45) is -9.77. The highest BCUT2D eigenvalue weighted by atomic mass is 35.5. The van der Waals surface area contributed by atoms with Crippen LogP contribution in [0.2, 0.25) is 0 Å². The standard InChI is InChI=1S/C24H20F6N2O.ClH/c1-15-9-20(17-5-3-2-4-6-17)21-14-32(7-8-33-22(21)31-15)13-16-10-18(23(25,26)27)12-19(11-16)24(28,29)30;/h2-6,9-12H,7-8,13-14H2,1H3;1H. The van der Waals surface area contributed by atoms with Crippen molar-refractivity contribution in [2.24, 2.45) is 0 Å². The molecular formula is C24H21ClF6N2O. The average molecular weight is 503 g/mol. The van der Waals surface area contributed by atoms with Crippen LogP contribution in [0.1, 0.15) is 27.9 Å². The first-order valence-corrected chi connectivity index (χ1v) is 10.2.